The lowest BCUT2D eigenvalue weighted by Crippen LogP contribution is -2.28. The molecule has 1 amide bonds. The number of nitrogens with zero attached hydrogens (tertiary/aromatic N) is 2. The highest BCUT2D eigenvalue weighted by molar-refractivity contribution is 7.22. The number of carbonyl (C=O) groups is 1. The van der Waals surface area contributed by atoms with Crippen molar-refractivity contribution in [3.8, 4) is 0 Å². The molecule has 140 valence electrons. The number of hydrogen-bond acceptors (Lipinski definition) is 4. The van der Waals surface area contributed by atoms with Crippen LogP contribution >= 0.6 is 22.9 Å². The number of benzene rings is 2. The molecule has 2 aromatic heterocycles. The van der Waals surface area contributed by atoms with Crippen LogP contribution in [0.1, 0.15) is 11.3 Å². The minimum Gasteiger partial charge on any atom is -0.467 e. The number of thiazole rings is 1. The first-order valence-corrected chi connectivity index (χ1v) is 9.63. The Morgan fingerprint density at radius 1 is 1.18 bits per heavy atom. The summed E-state index contributed by atoms with van der Waals surface area (Å²) < 4.78 is 20.1. The number of carbonyl (C=O) groups excluding carboxylic acids is 1. The maximum atomic E-state index is 14.0. The van der Waals surface area contributed by atoms with E-state index in [-0.39, 0.29) is 18.0 Å². The van der Waals surface area contributed by atoms with E-state index in [0.29, 0.717) is 20.6 Å². The van der Waals surface area contributed by atoms with Gasteiger partial charge >= 0.3 is 0 Å². The third-order valence-electron chi connectivity index (χ3n) is 4.06. The molecule has 2 aromatic carbocycles. The number of amides is 1. The summed E-state index contributed by atoms with van der Waals surface area (Å²) in [7, 11) is 0. The molecule has 0 bridgehead atoms. The molecule has 4 rings (SSSR count). The zero-order valence-electron chi connectivity index (χ0n) is 14.5. The Balaban J connectivity index is 1.69. The van der Waals surface area contributed by atoms with E-state index in [1.165, 1.54) is 34.6 Å². The topological polar surface area (TPSA) is 46.3 Å². The number of hydrogen-bond donors (Lipinski definition) is 0. The van der Waals surface area contributed by atoms with Gasteiger partial charge in [0.1, 0.15) is 17.1 Å². The van der Waals surface area contributed by atoms with Crippen LogP contribution < -0.4 is 4.90 Å². The minimum absolute atomic E-state index is 0.181. The zero-order chi connectivity index (χ0) is 19.5. The van der Waals surface area contributed by atoms with Crippen LogP contribution in [0, 0.1) is 5.82 Å². The molecule has 0 saturated carbocycles. The van der Waals surface area contributed by atoms with Crippen molar-refractivity contribution in [3.05, 3.63) is 89.1 Å². The summed E-state index contributed by atoms with van der Waals surface area (Å²) in [4.78, 5) is 18.7. The third kappa shape index (κ3) is 3.83. The van der Waals surface area contributed by atoms with Crippen molar-refractivity contribution < 1.29 is 13.6 Å². The fourth-order valence-electron chi connectivity index (χ4n) is 2.68. The first kappa shape index (κ1) is 18.4. The second-order valence-corrected chi connectivity index (χ2v) is 7.36. The van der Waals surface area contributed by atoms with Gasteiger partial charge in [-0.15, -0.1) is 0 Å². The van der Waals surface area contributed by atoms with Gasteiger partial charge in [-0.1, -0.05) is 47.2 Å². The highest BCUT2D eigenvalue weighted by Crippen LogP contribution is 2.31. The Morgan fingerprint density at radius 2 is 2.04 bits per heavy atom. The van der Waals surface area contributed by atoms with Gasteiger partial charge in [-0.05, 0) is 42.0 Å². The lowest BCUT2D eigenvalue weighted by atomic mass is 10.2. The van der Waals surface area contributed by atoms with Gasteiger partial charge in [0.05, 0.1) is 17.5 Å². The molecule has 0 unspecified atom stereocenters. The molecule has 0 radical (unpaired) electrons. The van der Waals surface area contributed by atoms with E-state index in [0.717, 1.165) is 5.56 Å². The Hall–Kier alpha value is -2.96. The summed E-state index contributed by atoms with van der Waals surface area (Å²) in [6.07, 6.45) is 4.61. The van der Waals surface area contributed by atoms with E-state index in [1.807, 2.05) is 18.2 Å². The van der Waals surface area contributed by atoms with E-state index in [2.05, 4.69) is 4.98 Å². The molecule has 0 aliphatic rings. The predicted molar refractivity (Wildman–Crippen MR) is 110 cm³/mol. The lowest BCUT2D eigenvalue weighted by Gasteiger charge is -2.16. The molecule has 0 atom stereocenters. The summed E-state index contributed by atoms with van der Waals surface area (Å²) >= 11 is 7.39. The average Bonchev–Trinajstić information content (AvgIpc) is 3.35. The number of aromatic nitrogens is 1. The van der Waals surface area contributed by atoms with Crippen molar-refractivity contribution in [1.82, 2.24) is 4.98 Å². The van der Waals surface area contributed by atoms with Crippen LogP contribution in [0.5, 0.6) is 0 Å². The van der Waals surface area contributed by atoms with Crippen LogP contribution in [0.3, 0.4) is 0 Å². The van der Waals surface area contributed by atoms with Crippen LogP contribution in [-0.2, 0) is 11.3 Å². The molecule has 0 spiro atoms. The van der Waals surface area contributed by atoms with E-state index in [1.54, 1.807) is 36.4 Å². The first-order chi connectivity index (χ1) is 13.6. The highest BCUT2D eigenvalue weighted by atomic mass is 35.5. The van der Waals surface area contributed by atoms with Crippen molar-refractivity contribution in [1.29, 1.82) is 0 Å². The highest BCUT2D eigenvalue weighted by Gasteiger charge is 2.20. The predicted octanol–water partition coefficient (Wildman–Crippen LogP) is 5.93. The summed E-state index contributed by atoms with van der Waals surface area (Å²) in [5.74, 6) is -0.132. The molecule has 0 aliphatic carbocycles. The van der Waals surface area contributed by atoms with Gasteiger partial charge in [-0.2, -0.15) is 0 Å². The smallest absolute Gasteiger partial charge is 0.253 e. The summed E-state index contributed by atoms with van der Waals surface area (Å²) in [5.41, 5.74) is 0.973. The van der Waals surface area contributed by atoms with Gasteiger partial charge < -0.3 is 4.42 Å². The Bertz CT molecular complexity index is 1150. The maximum absolute atomic E-state index is 14.0. The van der Waals surface area contributed by atoms with Crippen molar-refractivity contribution >= 4 is 50.3 Å². The van der Waals surface area contributed by atoms with Gasteiger partial charge in [0.25, 0.3) is 5.91 Å². The third-order valence-corrected chi connectivity index (χ3v) is 5.45. The van der Waals surface area contributed by atoms with E-state index in [4.69, 9.17) is 16.0 Å². The summed E-state index contributed by atoms with van der Waals surface area (Å²) in [6.45, 7) is 0.181. The van der Waals surface area contributed by atoms with Gasteiger partial charge in [0, 0.05) is 11.1 Å². The SMILES string of the molecule is O=C(/C=C/c1ccccc1Cl)N(Cc1ccco1)c1nc2c(F)cccc2s1. The fourth-order valence-corrected chi connectivity index (χ4v) is 3.86. The van der Waals surface area contributed by atoms with Crippen LogP contribution in [-0.4, -0.2) is 10.9 Å². The van der Waals surface area contributed by atoms with Gasteiger partial charge in [-0.25, -0.2) is 9.37 Å². The van der Waals surface area contributed by atoms with Crippen molar-refractivity contribution in [2.24, 2.45) is 0 Å². The normalized spacial score (nSPS) is 11.4. The maximum Gasteiger partial charge on any atom is 0.253 e. The summed E-state index contributed by atoms with van der Waals surface area (Å²) in [6, 6.07) is 15.5. The molecule has 4 aromatic rings. The first-order valence-electron chi connectivity index (χ1n) is 8.43. The summed E-state index contributed by atoms with van der Waals surface area (Å²) in [5, 5.41) is 0.941. The Labute approximate surface area is 169 Å². The van der Waals surface area contributed by atoms with Crippen molar-refractivity contribution in [2.75, 3.05) is 4.90 Å². The second-order valence-electron chi connectivity index (χ2n) is 5.94. The molecule has 0 N–H and O–H groups in total. The van der Waals surface area contributed by atoms with E-state index in [9.17, 15) is 9.18 Å². The van der Waals surface area contributed by atoms with E-state index >= 15 is 0 Å². The molecule has 2 heterocycles. The molecule has 0 saturated heterocycles. The number of furan rings is 1. The van der Waals surface area contributed by atoms with Gasteiger partial charge in [0.15, 0.2) is 5.13 Å². The van der Waals surface area contributed by atoms with Crippen molar-refractivity contribution in [3.63, 3.8) is 0 Å². The Morgan fingerprint density at radius 3 is 2.79 bits per heavy atom. The molecule has 0 aliphatic heterocycles. The Kier molecular flexibility index (Phi) is 5.23. The van der Waals surface area contributed by atoms with Gasteiger partial charge in [-0.3, -0.25) is 9.69 Å². The number of anilines is 1. The van der Waals surface area contributed by atoms with Crippen LogP contribution in [0.15, 0.2) is 71.4 Å². The quantitative estimate of drug-likeness (QED) is 0.382. The molecular formula is C21H14ClFN2O2S. The second kappa shape index (κ2) is 7.96. The molecule has 28 heavy (non-hydrogen) atoms. The number of fused-ring (bicyclic) bond motifs is 1. The molecule has 0 fully saturated rings. The van der Waals surface area contributed by atoms with Crippen LogP contribution in [0.2, 0.25) is 5.02 Å². The van der Waals surface area contributed by atoms with Crippen molar-refractivity contribution in [2.45, 2.75) is 6.54 Å². The number of halogens is 2. The van der Waals surface area contributed by atoms with Crippen LogP contribution in [0.4, 0.5) is 9.52 Å². The van der Waals surface area contributed by atoms with Gasteiger partial charge in [0.2, 0.25) is 0 Å². The minimum atomic E-state index is -0.419. The molecule has 4 nitrogen and oxygen atoms in total. The number of para-hydroxylation sites is 1. The van der Waals surface area contributed by atoms with E-state index < -0.39 is 5.82 Å². The van der Waals surface area contributed by atoms with Crippen LogP contribution in [0.25, 0.3) is 16.3 Å². The zero-order valence-corrected chi connectivity index (χ0v) is 16.1. The monoisotopic (exact) mass is 412 g/mol. The molecule has 7 heteroatoms. The molecular weight excluding hydrogens is 399 g/mol. The lowest BCUT2D eigenvalue weighted by molar-refractivity contribution is -0.114. The number of rotatable bonds is 5. The largest absolute Gasteiger partial charge is 0.467 e. The average molecular weight is 413 g/mol. The standard InChI is InChI=1S/C21H14ClFN2O2S/c22-16-7-2-1-5-14(16)10-11-19(26)25(13-15-6-4-12-27-15)21-24-20-17(23)8-3-9-18(20)28-21/h1-12H,13H2/b11-10+. The fraction of sp³-hybridized carbons (Fsp3) is 0.0476.